The Labute approximate surface area is 166 Å². The SMILES string of the molecule is CCC[CH2][Sn]([CH2]CCC)([CH2]CCC)[CH2]C1COC/C1=C\c1ccccc1. The van der Waals surface area contributed by atoms with Gasteiger partial charge in [-0.1, -0.05) is 0 Å². The van der Waals surface area contributed by atoms with E-state index in [2.05, 4.69) is 57.2 Å². The summed E-state index contributed by atoms with van der Waals surface area (Å²) in [5.74, 6) is 0.705. The topological polar surface area (TPSA) is 9.23 Å². The Hall–Kier alpha value is -0.281. The van der Waals surface area contributed by atoms with Crippen LogP contribution < -0.4 is 0 Å². The molecule has 1 aliphatic heterocycles. The van der Waals surface area contributed by atoms with Gasteiger partial charge in [-0.2, -0.15) is 0 Å². The molecule has 0 amide bonds. The van der Waals surface area contributed by atoms with Gasteiger partial charge in [-0.15, -0.1) is 0 Å². The predicted octanol–water partition coefficient (Wildman–Crippen LogP) is 7.57. The fourth-order valence-electron chi connectivity index (χ4n) is 4.52. The molecular weight excluding hydrogens is 423 g/mol. The summed E-state index contributed by atoms with van der Waals surface area (Å²) < 4.78 is 12.3. The van der Waals surface area contributed by atoms with Crippen LogP contribution in [0, 0.1) is 5.92 Å². The van der Waals surface area contributed by atoms with Gasteiger partial charge < -0.3 is 0 Å². The van der Waals surface area contributed by atoms with E-state index < -0.39 is 18.4 Å². The van der Waals surface area contributed by atoms with Crippen LogP contribution in [0.4, 0.5) is 0 Å². The molecule has 2 heteroatoms. The molecule has 0 saturated carbocycles. The summed E-state index contributed by atoms with van der Waals surface area (Å²) in [6.07, 6.45) is 10.9. The average molecular weight is 463 g/mol. The molecule has 0 spiro atoms. The molecule has 146 valence electrons. The Balaban J connectivity index is 2.16. The molecule has 1 heterocycles. The molecule has 1 fully saturated rings. The van der Waals surface area contributed by atoms with Crippen LogP contribution in [0.25, 0.3) is 6.08 Å². The number of hydrogen-bond acceptors (Lipinski definition) is 1. The molecule has 1 aliphatic rings. The van der Waals surface area contributed by atoms with Crippen molar-refractivity contribution in [1.29, 1.82) is 0 Å². The van der Waals surface area contributed by atoms with E-state index in [0.717, 1.165) is 13.2 Å². The summed E-state index contributed by atoms with van der Waals surface area (Å²) in [6, 6.07) is 10.8. The van der Waals surface area contributed by atoms with E-state index in [-0.39, 0.29) is 0 Å². The fourth-order valence-corrected chi connectivity index (χ4v) is 21.9. The number of rotatable bonds is 12. The molecule has 1 aromatic rings. The zero-order chi connectivity index (χ0) is 18.7. The minimum absolute atomic E-state index is 0.705. The molecule has 0 radical (unpaired) electrons. The standard InChI is InChI=1S/C12H13O.3C4H9.Sn/c1-10-8-13-9-12(10)7-11-5-3-2-4-6-11;3*1-3-4-2;/h2-7,10H,1,8-9H2;3*1,3-4H2,2H3;/b12-7+;;;;. The van der Waals surface area contributed by atoms with E-state index >= 15 is 0 Å². The Kier molecular flexibility index (Phi) is 10.4. The summed E-state index contributed by atoms with van der Waals surface area (Å²) in [5, 5.41) is 0. The Morgan fingerprint density at radius 1 is 0.923 bits per heavy atom. The Morgan fingerprint density at radius 2 is 1.50 bits per heavy atom. The number of unbranched alkanes of at least 4 members (excludes halogenated alkanes) is 3. The molecule has 0 aromatic heterocycles. The first-order valence-corrected chi connectivity index (χ1v) is 19.1. The van der Waals surface area contributed by atoms with Crippen molar-refractivity contribution in [3.63, 3.8) is 0 Å². The molecule has 1 atom stereocenters. The molecule has 1 saturated heterocycles. The van der Waals surface area contributed by atoms with Gasteiger partial charge in [-0.25, -0.2) is 0 Å². The van der Waals surface area contributed by atoms with E-state index in [1.165, 1.54) is 48.5 Å². The van der Waals surface area contributed by atoms with Crippen LogP contribution in [-0.2, 0) is 4.74 Å². The second-order valence-electron chi connectivity index (χ2n) is 8.36. The third kappa shape index (κ3) is 7.03. The van der Waals surface area contributed by atoms with Crippen molar-refractivity contribution in [3.8, 4) is 0 Å². The molecule has 1 aromatic carbocycles. The molecule has 1 nitrogen and oxygen atoms in total. The number of hydrogen-bond donors (Lipinski definition) is 0. The molecule has 26 heavy (non-hydrogen) atoms. The third-order valence-electron chi connectivity index (χ3n) is 6.13. The van der Waals surface area contributed by atoms with Crippen molar-refractivity contribution in [2.45, 2.75) is 77.0 Å². The first-order chi connectivity index (χ1) is 12.7. The number of benzene rings is 1. The van der Waals surface area contributed by atoms with E-state index in [0.29, 0.717) is 5.92 Å². The minimum atomic E-state index is -2.09. The van der Waals surface area contributed by atoms with Crippen molar-refractivity contribution >= 4 is 24.5 Å². The normalized spacial score (nSPS) is 19.3. The fraction of sp³-hybridized carbons (Fsp3) is 0.667. The summed E-state index contributed by atoms with van der Waals surface area (Å²) in [7, 11) is 0. The van der Waals surface area contributed by atoms with Gasteiger partial charge in [0.15, 0.2) is 0 Å². The van der Waals surface area contributed by atoms with Crippen LogP contribution in [0.15, 0.2) is 35.9 Å². The van der Waals surface area contributed by atoms with Gasteiger partial charge in [-0.05, 0) is 0 Å². The van der Waals surface area contributed by atoms with E-state index in [1.54, 1.807) is 18.9 Å². The van der Waals surface area contributed by atoms with Crippen LogP contribution in [0.1, 0.15) is 64.9 Å². The summed E-state index contributed by atoms with van der Waals surface area (Å²) in [5.41, 5.74) is 2.91. The van der Waals surface area contributed by atoms with Crippen molar-refractivity contribution < 1.29 is 4.74 Å². The second kappa shape index (κ2) is 12.2. The molecule has 0 aliphatic carbocycles. The van der Waals surface area contributed by atoms with E-state index in [9.17, 15) is 0 Å². The molecular formula is C24H40OSn. The Morgan fingerprint density at radius 3 is 2.04 bits per heavy atom. The van der Waals surface area contributed by atoms with Gasteiger partial charge in [0.05, 0.1) is 0 Å². The maximum atomic E-state index is 5.97. The summed E-state index contributed by atoms with van der Waals surface area (Å²) in [6.45, 7) is 8.94. The van der Waals surface area contributed by atoms with Crippen LogP contribution in [-0.4, -0.2) is 31.6 Å². The molecule has 0 bridgehead atoms. The summed E-state index contributed by atoms with van der Waals surface area (Å²) >= 11 is -2.09. The molecule has 2 rings (SSSR count). The van der Waals surface area contributed by atoms with Crippen LogP contribution in [0.5, 0.6) is 0 Å². The van der Waals surface area contributed by atoms with Crippen molar-refractivity contribution in [1.82, 2.24) is 0 Å². The molecule has 1 unspecified atom stereocenters. The van der Waals surface area contributed by atoms with Crippen LogP contribution in [0.2, 0.25) is 17.7 Å². The zero-order valence-electron chi connectivity index (χ0n) is 17.4. The first-order valence-electron chi connectivity index (χ1n) is 11.1. The Bertz CT molecular complexity index is 500. The maximum absolute atomic E-state index is 5.97. The van der Waals surface area contributed by atoms with Gasteiger partial charge >= 0.3 is 167 Å². The number of ether oxygens (including phenoxy) is 1. The van der Waals surface area contributed by atoms with Crippen molar-refractivity contribution in [3.05, 3.63) is 41.5 Å². The predicted molar refractivity (Wildman–Crippen MR) is 118 cm³/mol. The van der Waals surface area contributed by atoms with Crippen LogP contribution in [0.3, 0.4) is 0 Å². The van der Waals surface area contributed by atoms with E-state index in [4.69, 9.17) is 4.74 Å². The van der Waals surface area contributed by atoms with Gasteiger partial charge in [0.25, 0.3) is 0 Å². The van der Waals surface area contributed by atoms with Crippen molar-refractivity contribution in [2.24, 2.45) is 5.92 Å². The van der Waals surface area contributed by atoms with Gasteiger partial charge in [0.1, 0.15) is 0 Å². The zero-order valence-corrected chi connectivity index (χ0v) is 20.3. The van der Waals surface area contributed by atoms with Crippen LogP contribution >= 0.6 is 0 Å². The van der Waals surface area contributed by atoms with Gasteiger partial charge in [0, 0.05) is 0 Å². The summed E-state index contributed by atoms with van der Waals surface area (Å²) in [4.78, 5) is 0. The second-order valence-corrected chi connectivity index (χ2v) is 22.4. The first kappa shape index (κ1) is 22.0. The van der Waals surface area contributed by atoms with E-state index in [1.807, 2.05) is 0 Å². The third-order valence-corrected chi connectivity index (χ3v) is 22.1. The average Bonchev–Trinajstić information content (AvgIpc) is 3.10. The van der Waals surface area contributed by atoms with Gasteiger partial charge in [-0.3, -0.25) is 0 Å². The van der Waals surface area contributed by atoms with Gasteiger partial charge in [0.2, 0.25) is 0 Å². The van der Waals surface area contributed by atoms with Crippen molar-refractivity contribution in [2.75, 3.05) is 13.2 Å². The quantitative estimate of drug-likeness (QED) is 0.291. The monoisotopic (exact) mass is 464 g/mol. The molecule has 0 N–H and O–H groups in total.